The van der Waals surface area contributed by atoms with Gasteiger partial charge in [-0.25, -0.2) is 8.42 Å². The molecule has 0 aliphatic heterocycles. The maximum Gasteiger partial charge on any atom is 0.264 e. The summed E-state index contributed by atoms with van der Waals surface area (Å²) >= 11 is 6.40. The van der Waals surface area contributed by atoms with Gasteiger partial charge in [0.15, 0.2) is 0 Å². The minimum Gasteiger partial charge on any atom is -0.350 e. The third-order valence-electron chi connectivity index (χ3n) is 6.14. The van der Waals surface area contributed by atoms with Crippen molar-refractivity contribution in [3.63, 3.8) is 0 Å². The van der Waals surface area contributed by atoms with Crippen LogP contribution in [0.1, 0.15) is 44.4 Å². The topological polar surface area (TPSA) is 86.8 Å². The number of aryl methyl sites for hydroxylation is 2. The standard InChI is InChI=1S/C30H36ClN3O4S/c1-21-14-16-26(17-15-21)39(37,38)34(25-12-9-10-22(2)18-25)20-28(35)33(19-24-11-7-8-13-27(24)31)23(3)29(36)32-30(4,5)6/h7-18,23H,19-20H2,1-6H3,(H,32,36)/t23-/m1/s1. The summed E-state index contributed by atoms with van der Waals surface area (Å²) in [6.07, 6.45) is 0. The molecule has 2 amide bonds. The van der Waals surface area contributed by atoms with Gasteiger partial charge in [-0.05, 0) is 83.0 Å². The predicted octanol–water partition coefficient (Wildman–Crippen LogP) is 5.48. The van der Waals surface area contributed by atoms with Crippen LogP contribution < -0.4 is 9.62 Å². The number of amides is 2. The molecule has 0 saturated heterocycles. The van der Waals surface area contributed by atoms with Crippen LogP contribution >= 0.6 is 11.6 Å². The van der Waals surface area contributed by atoms with Gasteiger partial charge in [0.25, 0.3) is 10.0 Å². The van der Waals surface area contributed by atoms with E-state index in [9.17, 15) is 18.0 Å². The summed E-state index contributed by atoms with van der Waals surface area (Å²) in [4.78, 5) is 28.6. The quantitative estimate of drug-likeness (QED) is 0.369. The lowest BCUT2D eigenvalue weighted by atomic mass is 10.1. The molecule has 3 aromatic carbocycles. The summed E-state index contributed by atoms with van der Waals surface area (Å²) in [5.74, 6) is -0.893. The highest BCUT2D eigenvalue weighted by atomic mass is 35.5. The number of nitrogens with zero attached hydrogens (tertiary/aromatic N) is 2. The SMILES string of the molecule is Cc1ccc(S(=O)(=O)N(CC(=O)N(Cc2ccccc2Cl)[C@H](C)C(=O)NC(C)(C)C)c2cccc(C)c2)cc1. The summed E-state index contributed by atoms with van der Waals surface area (Å²) in [5, 5.41) is 3.36. The fraction of sp³-hybridized carbons (Fsp3) is 0.333. The molecule has 3 rings (SSSR count). The molecule has 0 bridgehead atoms. The molecule has 3 aromatic rings. The Kier molecular flexibility index (Phi) is 9.46. The zero-order valence-electron chi connectivity index (χ0n) is 23.2. The van der Waals surface area contributed by atoms with Crippen molar-refractivity contribution >= 4 is 39.1 Å². The van der Waals surface area contributed by atoms with Gasteiger partial charge in [-0.1, -0.05) is 59.6 Å². The Bertz CT molecular complexity index is 1430. The summed E-state index contributed by atoms with van der Waals surface area (Å²) in [6.45, 7) is 10.4. The molecular weight excluding hydrogens is 534 g/mol. The van der Waals surface area contributed by atoms with E-state index in [2.05, 4.69) is 5.32 Å². The first-order valence-corrected chi connectivity index (χ1v) is 14.5. The Labute approximate surface area is 236 Å². The molecule has 0 unspecified atom stereocenters. The van der Waals surface area contributed by atoms with Crippen molar-refractivity contribution in [2.45, 2.75) is 64.6 Å². The Morgan fingerprint density at radius 3 is 2.15 bits per heavy atom. The van der Waals surface area contributed by atoms with Crippen LogP contribution in [0.3, 0.4) is 0 Å². The van der Waals surface area contributed by atoms with E-state index in [4.69, 9.17) is 11.6 Å². The van der Waals surface area contributed by atoms with Gasteiger partial charge in [0.1, 0.15) is 12.6 Å². The average Bonchev–Trinajstić information content (AvgIpc) is 2.85. The normalized spacial score (nSPS) is 12.5. The Balaban J connectivity index is 2.05. The van der Waals surface area contributed by atoms with Crippen LogP contribution in [0, 0.1) is 13.8 Å². The first-order chi connectivity index (χ1) is 18.2. The number of benzene rings is 3. The maximum absolute atomic E-state index is 14.0. The number of hydrogen-bond acceptors (Lipinski definition) is 4. The van der Waals surface area contributed by atoms with E-state index in [1.807, 2.05) is 40.7 Å². The van der Waals surface area contributed by atoms with Crippen molar-refractivity contribution in [3.05, 3.63) is 94.5 Å². The molecule has 39 heavy (non-hydrogen) atoms. The minimum atomic E-state index is -4.11. The number of hydrogen-bond donors (Lipinski definition) is 1. The molecule has 0 heterocycles. The van der Waals surface area contributed by atoms with Gasteiger partial charge < -0.3 is 10.2 Å². The maximum atomic E-state index is 14.0. The molecule has 0 aliphatic rings. The van der Waals surface area contributed by atoms with Crippen LogP contribution in [0.5, 0.6) is 0 Å². The number of sulfonamides is 1. The molecule has 0 aromatic heterocycles. The van der Waals surface area contributed by atoms with Gasteiger partial charge in [-0.3, -0.25) is 13.9 Å². The molecule has 7 nitrogen and oxygen atoms in total. The number of carbonyl (C=O) groups excluding carboxylic acids is 2. The van der Waals surface area contributed by atoms with Gasteiger partial charge in [-0.15, -0.1) is 0 Å². The fourth-order valence-corrected chi connectivity index (χ4v) is 5.62. The second-order valence-electron chi connectivity index (χ2n) is 10.7. The molecule has 9 heteroatoms. The van der Waals surface area contributed by atoms with E-state index in [1.54, 1.807) is 61.5 Å². The van der Waals surface area contributed by atoms with E-state index < -0.39 is 34.1 Å². The highest BCUT2D eigenvalue weighted by Crippen LogP contribution is 2.26. The zero-order chi connectivity index (χ0) is 29.0. The lowest BCUT2D eigenvalue weighted by Gasteiger charge is -2.33. The van der Waals surface area contributed by atoms with E-state index in [1.165, 1.54) is 17.0 Å². The molecule has 0 radical (unpaired) electrons. The molecule has 1 atom stereocenters. The molecule has 0 spiro atoms. The highest BCUT2D eigenvalue weighted by molar-refractivity contribution is 7.92. The zero-order valence-corrected chi connectivity index (χ0v) is 24.8. The van der Waals surface area contributed by atoms with Crippen molar-refractivity contribution < 1.29 is 18.0 Å². The summed E-state index contributed by atoms with van der Waals surface area (Å²) in [5.41, 5.74) is 2.23. The monoisotopic (exact) mass is 569 g/mol. The molecule has 0 saturated carbocycles. The third kappa shape index (κ3) is 7.83. The lowest BCUT2D eigenvalue weighted by Crippen LogP contribution is -2.54. The second kappa shape index (κ2) is 12.2. The van der Waals surface area contributed by atoms with Crippen molar-refractivity contribution in [2.75, 3.05) is 10.8 Å². The number of nitrogens with one attached hydrogen (secondary N) is 1. The Morgan fingerprint density at radius 1 is 0.923 bits per heavy atom. The van der Waals surface area contributed by atoms with Gasteiger partial charge in [0.05, 0.1) is 10.6 Å². The van der Waals surface area contributed by atoms with Crippen molar-refractivity contribution in [1.82, 2.24) is 10.2 Å². The van der Waals surface area contributed by atoms with E-state index in [-0.39, 0.29) is 17.3 Å². The van der Waals surface area contributed by atoms with E-state index in [0.29, 0.717) is 16.3 Å². The van der Waals surface area contributed by atoms with Gasteiger partial charge in [-0.2, -0.15) is 0 Å². The summed E-state index contributed by atoms with van der Waals surface area (Å²) in [6, 6.07) is 19.6. The van der Waals surface area contributed by atoms with Crippen LogP contribution in [-0.4, -0.2) is 43.3 Å². The molecule has 208 valence electrons. The van der Waals surface area contributed by atoms with Crippen molar-refractivity contribution in [2.24, 2.45) is 0 Å². The van der Waals surface area contributed by atoms with Crippen molar-refractivity contribution in [3.8, 4) is 0 Å². The Morgan fingerprint density at radius 2 is 1.56 bits per heavy atom. The van der Waals surface area contributed by atoms with Gasteiger partial charge >= 0.3 is 0 Å². The number of anilines is 1. The predicted molar refractivity (Wildman–Crippen MR) is 156 cm³/mol. The average molecular weight is 570 g/mol. The molecule has 0 aliphatic carbocycles. The second-order valence-corrected chi connectivity index (χ2v) is 13.0. The van der Waals surface area contributed by atoms with Crippen molar-refractivity contribution in [1.29, 1.82) is 0 Å². The fourth-order valence-electron chi connectivity index (χ4n) is 4.02. The van der Waals surface area contributed by atoms with Crippen LogP contribution in [0.2, 0.25) is 5.02 Å². The van der Waals surface area contributed by atoms with E-state index >= 15 is 0 Å². The molecule has 0 fully saturated rings. The lowest BCUT2D eigenvalue weighted by molar-refractivity contribution is -0.140. The summed E-state index contributed by atoms with van der Waals surface area (Å²) in [7, 11) is -4.11. The third-order valence-corrected chi connectivity index (χ3v) is 8.30. The largest absolute Gasteiger partial charge is 0.350 e. The first kappa shape index (κ1) is 30.2. The van der Waals surface area contributed by atoms with Crippen LogP contribution in [-0.2, 0) is 26.2 Å². The van der Waals surface area contributed by atoms with Crippen LogP contribution in [0.25, 0.3) is 0 Å². The highest BCUT2D eigenvalue weighted by Gasteiger charge is 2.33. The smallest absolute Gasteiger partial charge is 0.264 e. The molecular formula is C30H36ClN3O4S. The van der Waals surface area contributed by atoms with Crippen LogP contribution in [0.15, 0.2) is 77.7 Å². The minimum absolute atomic E-state index is 0.0312. The first-order valence-electron chi connectivity index (χ1n) is 12.7. The molecule has 1 N–H and O–H groups in total. The van der Waals surface area contributed by atoms with E-state index in [0.717, 1.165) is 15.4 Å². The number of halogens is 1. The van der Waals surface area contributed by atoms with Gasteiger partial charge in [0.2, 0.25) is 11.8 Å². The van der Waals surface area contributed by atoms with Gasteiger partial charge in [0, 0.05) is 17.1 Å². The number of rotatable bonds is 9. The Hall–Kier alpha value is -3.36. The summed E-state index contributed by atoms with van der Waals surface area (Å²) < 4.78 is 28.8. The van der Waals surface area contributed by atoms with Crippen LogP contribution in [0.4, 0.5) is 5.69 Å². The number of carbonyl (C=O) groups is 2.